The van der Waals surface area contributed by atoms with Crippen molar-refractivity contribution in [1.82, 2.24) is 4.98 Å². The average Bonchev–Trinajstić information content (AvgIpc) is 2.29. The molecule has 2 nitrogen and oxygen atoms in total. The fourth-order valence-corrected chi connectivity index (χ4v) is 1.40. The molecular formula is C9H15NOS. The van der Waals surface area contributed by atoms with Gasteiger partial charge < -0.3 is 4.42 Å². The summed E-state index contributed by atoms with van der Waals surface area (Å²) in [5, 5.41) is 1.000. The number of aromatic nitrogens is 1. The lowest BCUT2D eigenvalue weighted by Gasteiger charge is -2.11. The monoisotopic (exact) mass is 185 g/mol. The first-order chi connectivity index (χ1) is 5.45. The molecule has 0 N–H and O–H groups in total. The standard InChI is InChI=1S/C9H15NOS/c1-6-7(12-5)10-8(11-6)9(2,3)4/h1-5H3. The van der Waals surface area contributed by atoms with E-state index in [1.54, 1.807) is 11.8 Å². The maximum atomic E-state index is 5.54. The topological polar surface area (TPSA) is 26.0 Å². The Balaban J connectivity index is 3.05. The predicted molar refractivity (Wildman–Crippen MR) is 51.7 cm³/mol. The van der Waals surface area contributed by atoms with Crippen LogP contribution in [-0.2, 0) is 5.41 Å². The molecule has 0 aliphatic heterocycles. The summed E-state index contributed by atoms with van der Waals surface area (Å²) in [6.07, 6.45) is 2.01. The summed E-state index contributed by atoms with van der Waals surface area (Å²) < 4.78 is 5.54. The Morgan fingerprint density at radius 2 is 1.92 bits per heavy atom. The molecule has 0 saturated heterocycles. The fraction of sp³-hybridized carbons (Fsp3) is 0.667. The Labute approximate surface area is 77.8 Å². The van der Waals surface area contributed by atoms with Crippen molar-refractivity contribution in [3.05, 3.63) is 11.7 Å². The number of hydrogen-bond acceptors (Lipinski definition) is 3. The molecule has 1 rings (SSSR count). The van der Waals surface area contributed by atoms with Crippen molar-refractivity contribution in [3.8, 4) is 0 Å². The Kier molecular flexibility index (Phi) is 2.52. The maximum Gasteiger partial charge on any atom is 0.200 e. The smallest absolute Gasteiger partial charge is 0.200 e. The molecule has 0 atom stereocenters. The predicted octanol–water partition coefficient (Wildman–Crippen LogP) is 3.00. The fourth-order valence-electron chi connectivity index (χ4n) is 0.893. The minimum Gasteiger partial charge on any atom is -0.444 e. The highest BCUT2D eigenvalue weighted by molar-refractivity contribution is 7.98. The Hall–Kier alpha value is -0.440. The molecule has 68 valence electrons. The van der Waals surface area contributed by atoms with Gasteiger partial charge in [-0.05, 0) is 13.2 Å². The molecule has 0 aromatic carbocycles. The van der Waals surface area contributed by atoms with Gasteiger partial charge in [0.05, 0.1) is 0 Å². The number of oxazole rings is 1. The third-order valence-electron chi connectivity index (χ3n) is 1.59. The average molecular weight is 185 g/mol. The van der Waals surface area contributed by atoms with Gasteiger partial charge in [-0.3, -0.25) is 0 Å². The van der Waals surface area contributed by atoms with Crippen LogP contribution in [0.2, 0.25) is 0 Å². The van der Waals surface area contributed by atoms with Crippen LogP contribution in [0.15, 0.2) is 9.44 Å². The lowest BCUT2D eigenvalue weighted by atomic mass is 9.97. The first-order valence-electron chi connectivity index (χ1n) is 3.97. The van der Waals surface area contributed by atoms with Crippen molar-refractivity contribution >= 4 is 11.8 Å². The zero-order valence-corrected chi connectivity index (χ0v) is 9.08. The van der Waals surface area contributed by atoms with E-state index >= 15 is 0 Å². The molecular weight excluding hydrogens is 170 g/mol. The van der Waals surface area contributed by atoms with Crippen LogP contribution in [0.1, 0.15) is 32.4 Å². The van der Waals surface area contributed by atoms with Crippen LogP contribution in [0.3, 0.4) is 0 Å². The highest BCUT2D eigenvalue weighted by atomic mass is 32.2. The molecule has 12 heavy (non-hydrogen) atoms. The van der Waals surface area contributed by atoms with Gasteiger partial charge in [-0.1, -0.05) is 20.8 Å². The summed E-state index contributed by atoms with van der Waals surface area (Å²) in [5.74, 6) is 1.75. The third kappa shape index (κ3) is 1.83. The minimum atomic E-state index is 0.0126. The van der Waals surface area contributed by atoms with Crippen LogP contribution in [0.5, 0.6) is 0 Å². The Bertz CT molecular complexity index is 273. The molecule has 1 aromatic heterocycles. The number of aryl methyl sites for hydroxylation is 1. The van der Waals surface area contributed by atoms with Crippen LogP contribution >= 0.6 is 11.8 Å². The SMILES string of the molecule is CSc1nc(C(C)(C)C)oc1C. The molecule has 0 unspecified atom stereocenters. The van der Waals surface area contributed by atoms with Crippen molar-refractivity contribution in [1.29, 1.82) is 0 Å². The zero-order valence-electron chi connectivity index (χ0n) is 8.26. The molecule has 3 heteroatoms. The summed E-state index contributed by atoms with van der Waals surface area (Å²) in [4.78, 5) is 4.40. The van der Waals surface area contributed by atoms with Crippen LogP contribution in [0, 0.1) is 6.92 Å². The van der Waals surface area contributed by atoms with Crippen LogP contribution in [0.4, 0.5) is 0 Å². The van der Waals surface area contributed by atoms with Gasteiger partial charge in [0.1, 0.15) is 10.8 Å². The second-order valence-corrected chi connectivity index (χ2v) is 4.63. The van der Waals surface area contributed by atoms with Gasteiger partial charge in [0.15, 0.2) is 0 Å². The summed E-state index contributed by atoms with van der Waals surface area (Å²) >= 11 is 1.63. The Morgan fingerprint density at radius 1 is 1.33 bits per heavy atom. The summed E-state index contributed by atoms with van der Waals surface area (Å²) in [6.45, 7) is 8.25. The molecule has 0 fully saturated rings. The Morgan fingerprint density at radius 3 is 2.17 bits per heavy atom. The molecule has 0 bridgehead atoms. The van der Waals surface area contributed by atoms with E-state index in [1.807, 2.05) is 13.2 Å². The molecule has 0 amide bonds. The van der Waals surface area contributed by atoms with Crippen molar-refractivity contribution in [3.63, 3.8) is 0 Å². The van der Waals surface area contributed by atoms with E-state index in [4.69, 9.17) is 4.42 Å². The van der Waals surface area contributed by atoms with E-state index in [0.29, 0.717) is 0 Å². The summed E-state index contributed by atoms with van der Waals surface area (Å²) in [6, 6.07) is 0. The second-order valence-electron chi connectivity index (χ2n) is 3.83. The molecule has 0 saturated carbocycles. The van der Waals surface area contributed by atoms with E-state index in [-0.39, 0.29) is 5.41 Å². The van der Waals surface area contributed by atoms with Crippen molar-refractivity contribution in [2.24, 2.45) is 0 Å². The number of nitrogens with zero attached hydrogens (tertiary/aromatic N) is 1. The largest absolute Gasteiger partial charge is 0.444 e. The maximum absolute atomic E-state index is 5.54. The van der Waals surface area contributed by atoms with Gasteiger partial charge in [0, 0.05) is 5.41 Å². The van der Waals surface area contributed by atoms with Crippen LogP contribution in [-0.4, -0.2) is 11.2 Å². The van der Waals surface area contributed by atoms with Crippen LogP contribution in [0.25, 0.3) is 0 Å². The van der Waals surface area contributed by atoms with Crippen molar-refractivity contribution in [2.45, 2.75) is 38.1 Å². The van der Waals surface area contributed by atoms with Gasteiger partial charge >= 0.3 is 0 Å². The molecule has 0 radical (unpaired) electrons. The third-order valence-corrected chi connectivity index (χ3v) is 2.35. The number of hydrogen-bond donors (Lipinski definition) is 0. The highest BCUT2D eigenvalue weighted by Gasteiger charge is 2.21. The van der Waals surface area contributed by atoms with Gasteiger partial charge in [-0.2, -0.15) is 0 Å². The summed E-state index contributed by atoms with van der Waals surface area (Å²) in [7, 11) is 0. The molecule has 1 heterocycles. The first kappa shape index (κ1) is 9.65. The number of thioether (sulfide) groups is 1. The van der Waals surface area contributed by atoms with Gasteiger partial charge in [-0.15, -0.1) is 11.8 Å². The lowest BCUT2D eigenvalue weighted by molar-refractivity contribution is 0.380. The molecule has 0 aliphatic rings. The van der Waals surface area contributed by atoms with E-state index in [2.05, 4.69) is 25.8 Å². The van der Waals surface area contributed by atoms with E-state index in [9.17, 15) is 0 Å². The second kappa shape index (κ2) is 3.13. The molecule has 0 spiro atoms. The van der Waals surface area contributed by atoms with Gasteiger partial charge in [-0.25, -0.2) is 4.98 Å². The molecule has 0 aliphatic carbocycles. The summed E-state index contributed by atoms with van der Waals surface area (Å²) in [5.41, 5.74) is 0.0126. The van der Waals surface area contributed by atoms with Crippen molar-refractivity contribution < 1.29 is 4.42 Å². The highest BCUT2D eigenvalue weighted by Crippen LogP contribution is 2.27. The lowest BCUT2D eigenvalue weighted by Crippen LogP contribution is -2.11. The number of rotatable bonds is 1. The quantitative estimate of drug-likeness (QED) is 0.629. The van der Waals surface area contributed by atoms with Gasteiger partial charge in [0.25, 0.3) is 0 Å². The van der Waals surface area contributed by atoms with E-state index in [0.717, 1.165) is 16.7 Å². The normalized spacial score (nSPS) is 12.1. The van der Waals surface area contributed by atoms with Crippen LogP contribution < -0.4 is 0 Å². The zero-order chi connectivity index (χ0) is 9.35. The minimum absolute atomic E-state index is 0.0126. The van der Waals surface area contributed by atoms with Gasteiger partial charge in [0.2, 0.25) is 5.89 Å². The van der Waals surface area contributed by atoms with E-state index in [1.165, 1.54) is 0 Å². The molecule has 1 aromatic rings. The van der Waals surface area contributed by atoms with E-state index < -0.39 is 0 Å². The van der Waals surface area contributed by atoms with Crippen molar-refractivity contribution in [2.75, 3.05) is 6.26 Å². The first-order valence-corrected chi connectivity index (χ1v) is 5.19.